The summed E-state index contributed by atoms with van der Waals surface area (Å²) < 4.78 is 48.2. The van der Waals surface area contributed by atoms with Crippen LogP contribution in [0.25, 0.3) is 0 Å². The van der Waals surface area contributed by atoms with Gasteiger partial charge in [-0.1, -0.05) is 89.9 Å². The molecule has 2 atom stereocenters. The Hall–Kier alpha value is -1.30. The number of rotatable bonds is 25. The maximum Gasteiger partial charge on any atom is 0.353 e. The second-order valence-corrected chi connectivity index (χ2v) is 15.4. The number of nitrogens with zero attached hydrogens (tertiary/aromatic N) is 2. The molecule has 41 heavy (non-hydrogen) atoms. The average molecular weight is 622 g/mol. The van der Waals surface area contributed by atoms with Crippen LogP contribution in [0.4, 0.5) is 5.82 Å². The van der Waals surface area contributed by atoms with Crippen molar-refractivity contribution < 1.29 is 32.2 Å². The van der Waals surface area contributed by atoms with E-state index >= 15 is 0 Å². The summed E-state index contributed by atoms with van der Waals surface area (Å²) in [6.07, 6.45) is 18.6. The summed E-state index contributed by atoms with van der Waals surface area (Å²) in [4.78, 5) is 25.4. The van der Waals surface area contributed by atoms with Crippen molar-refractivity contribution >= 4 is 23.3 Å². The normalized spacial score (nSPS) is 16.3. The van der Waals surface area contributed by atoms with E-state index in [4.69, 9.17) is 15.0 Å². The number of sulfone groups is 1. The molecule has 13 heteroatoms. The lowest BCUT2D eigenvalue weighted by Gasteiger charge is -2.24. The molecule has 0 amide bonds. The van der Waals surface area contributed by atoms with Gasteiger partial charge in [0.25, 0.3) is 0 Å². The minimum atomic E-state index is -4.17. The molecule has 1 aliphatic carbocycles. The summed E-state index contributed by atoms with van der Waals surface area (Å²) in [6, 6.07) is 1.41. The number of unbranched alkanes of at least 4 members (excludes halogenated alkanes) is 10. The molecule has 238 valence electrons. The minimum Gasteiger partial charge on any atom is -0.394 e. The van der Waals surface area contributed by atoms with E-state index < -0.39 is 42.2 Å². The standard InChI is InChI=1S/C28H52N3O8PS/c29-27-17-18-31(28(33)30-27)22-26(23-32)38-24-40(34,35)39-19-13-21-41(36,37)20-11-9-7-5-3-1-2-4-6-8-10-14-25-15-12-16-25/h17-18,25-26,32H,1-16,19-24H2,(H,34,35)(H2,29,30,33). The van der Waals surface area contributed by atoms with Crippen molar-refractivity contribution in [1.82, 2.24) is 9.55 Å². The van der Waals surface area contributed by atoms with E-state index in [-0.39, 0.29) is 36.9 Å². The molecule has 11 nitrogen and oxygen atoms in total. The third kappa shape index (κ3) is 16.8. The predicted octanol–water partition coefficient (Wildman–Crippen LogP) is 4.65. The van der Waals surface area contributed by atoms with E-state index in [2.05, 4.69) is 4.98 Å². The number of aromatic nitrogens is 2. The minimum absolute atomic E-state index is 0.0543. The number of anilines is 1. The second kappa shape index (κ2) is 19.8. The van der Waals surface area contributed by atoms with Crippen LogP contribution in [-0.2, 0) is 30.2 Å². The van der Waals surface area contributed by atoms with Crippen LogP contribution in [0, 0.1) is 5.92 Å². The van der Waals surface area contributed by atoms with Gasteiger partial charge in [-0.05, 0) is 24.8 Å². The lowest BCUT2D eigenvalue weighted by molar-refractivity contribution is 0.0168. The Morgan fingerprint density at radius 1 is 1.00 bits per heavy atom. The van der Waals surface area contributed by atoms with Gasteiger partial charge in [0.05, 0.1) is 37.4 Å². The highest BCUT2D eigenvalue weighted by Gasteiger charge is 2.23. The number of aliphatic hydroxyl groups is 1. The van der Waals surface area contributed by atoms with E-state index in [0.717, 1.165) is 29.7 Å². The molecule has 0 aromatic carbocycles. The highest BCUT2D eigenvalue weighted by Crippen LogP contribution is 2.42. The number of hydrogen-bond donors (Lipinski definition) is 3. The molecular formula is C28H52N3O8PS. The molecule has 2 rings (SSSR count). The molecule has 0 spiro atoms. The van der Waals surface area contributed by atoms with Crippen LogP contribution >= 0.6 is 7.60 Å². The molecule has 0 aliphatic heterocycles. The first-order chi connectivity index (χ1) is 19.6. The maximum atomic E-state index is 12.3. The summed E-state index contributed by atoms with van der Waals surface area (Å²) in [7, 11) is -7.42. The molecular weight excluding hydrogens is 569 g/mol. The summed E-state index contributed by atoms with van der Waals surface area (Å²) in [5, 5.41) is 9.48. The topological polar surface area (TPSA) is 171 Å². The first-order valence-corrected chi connectivity index (χ1v) is 18.9. The molecule has 0 radical (unpaired) electrons. The van der Waals surface area contributed by atoms with Crippen LogP contribution in [0.5, 0.6) is 0 Å². The van der Waals surface area contributed by atoms with Crippen LogP contribution in [0.3, 0.4) is 0 Å². The Bertz CT molecular complexity index is 1060. The Kier molecular flexibility index (Phi) is 17.3. The highest BCUT2D eigenvalue weighted by atomic mass is 32.2. The maximum absolute atomic E-state index is 12.3. The predicted molar refractivity (Wildman–Crippen MR) is 162 cm³/mol. The number of aliphatic hydroxyl groups excluding tert-OH is 1. The molecule has 4 N–H and O–H groups in total. The Morgan fingerprint density at radius 2 is 1.59 bits per heavy atom. The lowest BCUT2D eigenvalue weighted by atomic mass is 9.81. The Labute approximate surface area is 245 Å². The number of ether oxygens (including phenoxy) is 1. The van der Waals surface area contributed by atoms with Gasteiger partial charge >= 0.3 is 13.3 Å². The third-order valence-corrected chi connectivity index (χ3v) is 10.5. The monoisotopic (exact) mass is 621 g/mol. The first kappa shape index (κ1) is 35.9. The van der Waals surface area contributed by atoms with Gasteiger partial charge in [-0.3, -0.25) is 9.13 Å². The van der Waals surface area contributed by atoms with Crippen molar-refractivity contribution in [2.45, 2.75) is 115 Å². The molecule has 2 unspecified atom stereocenters. The van der Waals surface area contributed by atoms with Crippen LogP contribution in [0.1, 0.15) is 103 Å². The summed E-state index contributed by atoms with van der Waals surface area (Å²) in [5.41, 5.74) is 4.80. The van der Waals surface area contributed by atoms with E-state index in [9.17, 15) is 27.8 Å². The molecule has 1 aliphatic rings. The van der Waals surface area contributed by atoms with Crippen LogP contribution in [0.2, 0.25) is 0 Å². The van der Waals surface area contributed by atoms with Crippen LogP contribution < -0.4 is 11.4 Å². The summed E-state index contributed by atoms with van der Waals surface area (Å²) in [6.45, 7) is -0.807. The third-order valence-electron chi connectivity index (χ3n) is 7.66. The first-order valence-electron chi connectivity index (χ1n) is 15.3. The number of nitrogen functional groups attached to an aromatic ring is 1. The fraction of sp³-hybridized carbons (Fsp3) is 0.857. The van der Waals surface area contributed by atoms with Gasteiger partial charge < -0.3 is 25.0 Å². The van der Waals surface area contributed by atoms with E-state index in [0.29, 0.717) is 6.42 Å². The van der Waals surface area contributed by atoms with Gasteiger partial charge in [-0.2, -0.15) is 4.98 Å². The van der Waals surface area contributed by atoms with Gasteiger partial charge in [-0.25, -0.2) is 13.2 Å². The van der Waals surface area contributed by atoms with Gasteiger partial charge in [0.15, 0.2) is 0 Å². The SMILES string of the molecule is Nc1ccn(CC(CO)OCP(=O)(O)OCCCS(=O)(=O)CCCCCCCCCCCCCC2CCC2)c(=O)n1. The molecule has 1 aromatic heterocycles. The molecule has 1 fully saturated rings. The zero-order valence-corrected chi connectivity index (χ0v) is 26.2. The largest absolute Gasteiger partial charge is 0.394 e. The smallest absolute Gasteiger partial charge is 0.353 e. The van der Waals surface area contributed by atoms with E-state index in [1.165, 1.54) is 82.9 Å². The number of nitrogens with two attached hydrogens (primary N) is 1. The van der Waals surface area contributed by atoms with Gasteiger partial charge in [0.2, 0.25) is 0 Å². The quantitative estimate of drug-likeness (QED) is 0.103. The Balaban J connectivity index is 1.45. The van der Waals surface area contributed by atoms with Gasteiger partial charge in [0.1, 0.15) is 22.0 Å². The molecule has 1 heterocycles. The molecule has 1 aromatic rings. The Morgan fingerprint density at radius 3 is 2.15 bits per heavy atom. The van der Waals surface area contributed by atoms with E-state index in [1.807, 2.05) is 0 Å². The van der Waals surface area contributed by atoms with Crippen molar-refractivity contribution in [3.8, 4) is 0 Å². The fourth-order valence-corrected chi connectivity index (χ4v) is 7.21. The van der Waals surface area contributed by atoms with Crippen molar-refractivity contribution in [2.24, 2.45) is 5.92 Å². The van der Waals surface area contributed by atoms with Gasteiger partial charge in [0, 0.05) is 6.20 Å². The van der Waals surface area contributed by atoms with E-state index in [1.54, 1.807) is 0 Å². The van der Waals surface area contributed by atoms with Gasteiger partial charge in [-0.15, -0.1) is 0 Å². The average Bonchev–Trinajstić information content (AvgIpc) is 2.89. The van der Waals surface area contributed by atoms with Crippen LogP contribution in [-0.4, -0.2) is 65.1 Å². The van der Waals surface area contributed by atoms with Crippen molar-refractivity contribution in [3.63, 3.8) is 0 Å². The lowest BCUT2D eigenvalue weighted by Crippen LogP contribution is -2.32. The zero-order valence-electron chi connectivity index (χ0n) is 24.5. The fourth-order valence-electron chi connectivity index (χ4n) is 4.92. The van der Waals surface area contributed by atoms with Crippen molar-refractivity contribution in [3.05, 3.63) is 22.7 Å². The molecule has 0 bridgehead atoms. The summed E-state index contributed by atoms with van der Waals surface area (Å²) in [5.74, 6) is 1.09. The van der Waals surface area contributed by atoms with Crippen molar-refractivity contribution in [2.75, 3.05) is 36.8 Å². The van der Waals surface area contributed by atoms with Crippen LogP contribution in [0.15, 0.2) is 17.1 Å². The molecule has 1 saturated carbocycles. The zero-order chi connectivity index (χ0) is 30.0. The second-order valence-electron chi connectivity index (χ2n) is 11.3. The van der Waals surface area contributed by atoms with Crippen molar-refractivity contribution in [1.29, 1.82) is 0 Å². The summed E-state index contributed by atoms with van der Waals surface area (Å²) >= 11 is 0. The highest BCUT2D eigenvalue weighted by molar-refractivity contribution is 7.91. The molecule has 0 saturated heterocycles. The number of hydrogen-bond acceptors (Lipinski definition) is 9.